The molecule has 20 heavy (non-hydrogen) atoms. The lowest BCUT2D eigenvalue weighted by Crippen LogP contribution is -2.29. The summed E-state index contributed by atoms with van der Waals surface area (Å²) in [6.45, 7) is 2.80. The van der Waals surface area contributed by atoms with Gasteiger partial charge in [-0.3, -0.25) is 4.68 Å². The standard InChI is InChI=1S/C15H19FN4/c16-13-3-1-12(2-4-13)9-18-14-10-19-20(11-14)15-5-7-17-8-6-15/h1-4,10-11,15,17-18H,5-9H2. The monoisotopic (exact) mass is 274 g/mol. The van der Waals surface area contributed by atoms with Crippen LogP contribution in [0, 0.1) is 5.82 Å². The lowest BCUT2D eigenvalue weighted by Gasteiger charge is -2.22. The van der Waals surface area contributed by atoms with E-state index in [-0.39, 0.29) is 5.82 Å². The molecule has 2 aromatic rings. The van der Waals surface area contributed by atoms with Gasteiger partial charge < -0.3 is 10.6 Å². The van der Waals surface area contributed by atoms with Crippen LogP contribution in [0.5, 0.6) is 0 Å². The summed E-state index contributed by atoms with van der Waals surface area (Å²) in [5.74, 6) is -0.201. The van der Waals surface area contributed by atoms with E-state index in [0.29, 0.717) is 12.6 Å². The number of nitrogens with one attached hydrogen (secondary N) is 2. The molecule has 2 N–H and O–H groups in total. The van der Waals surface area contributed by atoms with Crippen molar-refractivity contribution in [2.45, 2.75) is 25.4 Å². The minimum atomic E-state index is -0.201. The molecule has 0 bridgehead atoms. The van der Waals surface area contributed by atoms with Gasteiger partial charge in [0.25, 0.3) is 0 Å². The molecule has 0 spiro atoms. The smallest absolute Gasteiger partial charge is 0.123 e. The van der Waals surface area contributed by atoms with Gasteiger partial charge in [0.15, 0.2) is 0 Å². The Hall–Kier alpha value is -1.88. The molecule has 3 rings (SSSR count). The summed E-state index contributed by atoms with van der Waals surface area (Å²) < 4.78 is 14.9. The predicted molar refractivity (Wildman–Crippen MR) is 77.1 cm³/mol. The number of piperidine rings is 1. The summed E-state index contributed by atoms with van der Waals surface area (Å²) in [5, 5.41) is 11.1. The minimum absolute atomic E-state index is 0.201. The number of aromatic nitrogens is 2. The fraction of sp³-hybridized carbons (Fsp3) is 0.400. The normalized spacial score (nSPS) is 16.2. The second-order valence-corrected chi connectivity index (χ2v) is 5.17. The number of hydrogen-bond acceptors (Lipinski definition) is 3. The molecule has 1 aliphatic heterocycles. The Bertz CT molecular complexity index is 543. The Kier molecular flexibility index (Phi) is 3.97. The number of anilines is 1. The Morgan fingerprint density at radius 2 is 2.00 bits per heavy atom. The summed E-state index contributed by atoms with van der Waals surface area (Å²) in [7, 11) is 0. The van der Waals surface area contributed by atoms with Gasteiger partial charge >= 0.3 is 0 Å². The van der Waals surface area contributed by atoms with Crippen LogP contribution in [0.3, 0.4) is 0 Å². The summed E-state index contributed by atoms with van der Waals surface area (Å²) in [4.78, 5) is 0. The van der Waals surface area contributed by atoms with Crippen molar-refractivity contribution in [1.29, 1.82) is 0 Å². The molecular weight excluding hydrogens is 255 g/mol. The second kappa shape index (κ2) is 6.05. The van der Waals surface area contributed by atoms with E-state index in [1.54, 1.807) is 12.1 Å². The van der Waals surface area contributed by atoms with E-state index < -0.39 is 0 Å². The Morgan fingerprint density at radius 1 is 1.25 bits per heavy atom. The molecule has 4 nitrogen and oxygen atoms in total. The first-order valence-corrected chi connectivity index (χ1v) is 7.04. The van der Waals surface area contributed by atoms with Gasteiger partial charge in [-0.15, -0.1) is 0 Å². The SMILES string of the molecule is Fc1ccc(CNc2cnn(C3CCNCC3)c2)cc1. The maximum Gasteiger partial charge on any atom is 0.123 e. The number of halogens is 1. The first kappa shape index (κ1) is 13.1. The summed E-state index contributed by atoms with van der Waals surface area (Å²) >= 11 is 0. The van der Waals surface area contributed by atoms with Crippen LogP contribution >= 0.6 is 0 Å². The Morgan fingerprint density at radius 3 is 2.75 bits per heavy atom. The van der Waals surface area contributed by atoms with E-state index in [0.717, 1.165) is 37.2 Å². The van der Waals surface area contributed by atoms with Gasteiger partial charge in [0, 0.05) is 12.7 Å². The van der Waals surface area contributed by atoms with Crippen LogP contribution in [0.2, 0.25) is 0 Å². The third-order valence-electron chi connectivity index (χ3n) is 3.69. The summed E-state index contributed by atoms with van der Waals surface area (Å²) in [6, 6.07) is 7.04. The lowest BCUT2D eigenvalue weighted by atomic mass is 10.1. The Balaban J connectivity index is 1.58. The van der Waals surface area contributed by atoms with Crippen LogP contribution in [0.4, 0.5) is 10.1 Å². The Labute approximate surface area is 118 Å². The molecule has 5 heteroatoms. The zero-order valence-electron chi connectivity index (χ0n) is 11.3. The fourth-order valence-corrected chi connectivity index (χ4v) is 2.51. The zero-order valence-corrected chi connectivity index (χ0v) is 11.3. The van der Waals surface area contributed by atoms with Crippen LogP contribution in [0.15, 0.2) is 36.7 Å². The summed E-state index contributed by atoms with van der Waals surface area (Å²) in [5.41, 5.74) is 2.06. The van der Waals surface area contributed by atoms with E-state index >= 15 is 0 Å². The van der Waals surface area contributed by atoms with Crippen molar-refractivity contribution in [3.63, 3.8) is 0 Å². The molecule has 0 atom stereocenters. The number of benzene rings is 1. The maximum atomic E-state index is 12.8. The molecule has 0 amide bonds. The highest BCUT2D eigenvalue weighted by atomic mass is 19.1. The fourth-order valence-electron chi connectivity index (χ4n) is 2.51. The van der Waals surface area contributed by atoms with Crippen molar-refractivity contribution >= 4 is 5.69 Å². The molecule has 1 aliphatic rings. The van der Waals surface area contributed by atoms with Gasteiger partial charge in [0.05, 0.1) is 17.9 Å². The molecular formula is C15H19FN4. The number of nitrogens with zero attached hydrogens (tertiary/aromatic N) is 2. The van der Waals surface area contributed by atoms with E-state index in [2.05, 4.69) is 21.9 Å². The van der Waals surface area contributed by atoms with Crippen molar-refractivity contribution in [1.82, 2.24) is 15.1 Å². The molecule has 1 aromatic carbocycles. The molecule has 0 saturated carbocycles. The highest BCUT2D eigenvalue weighted by Gasteiger charge is 2.15. The molecule has 1 saturated heterocycles. The van der Waals surface area contributed by atoms with E-state index in [4.69, 9.17) is 0 Å². The maximum absolute atomic E-state index is 12.8. The van der Waals surface area contributed by atoms with Gasteiger partial charge in [-0.25, -0.2) is 4.39 Å². The molecule has 0 radical (unpaired) electrons. The topological polar surface area (TPSA) is 41.9 Å². The third kappa shape index (κ3) is 3.17. The molecule has 0 aliphatic carbocycles. The van der Waals surface area contributed by atoms with Crippen LogP contribution in [0.25, 0.3) is 0 Å². The lowest BCUT2D eigenvalue weighted by molar-refractivity contribution is 0.343. The second-order valence-electron chi connectivity index (χ2n) is 5.17. The van der Waals surface area contributed by atoms with Crippen molar-refractivity contribution in [2.24, 2.45) is 0 Å². The largest absolute Gasteiger partial charge is 0.378 e. The van der Waals surface area contributed by atoms with Crippen LogP contribution in [-0.4, -0.2) is 22.9 Å². The third-order valence-corrected chi connectivity index (χ3v) is 3.69. The quantitative estimate of drug-likeness (QED) is 0.900. The molecule has 0 unspecified atom stereocenters. The number of rotatable bonds is 4. The zero-order chi connectivity index (χ0) is 13.8. The van der Waals surface area contributed by atoms with Gasteiger partial charge in [-0.2, -0.15) is 5.10 Å². The van der Waals surface area contributed by atoms with Crippen LogP contribution < -0.4 is 10.6 Å². The minimum Gasteiger partial charge on any atom is -0.378 e. The summed E-state index contributed by atoms with van der Waals surface area (Å²) in [6.07, 6.45) is 6.16. The first-order valence-electron chi connectivity index (χ1n) is 7.04. The molecule has 106 valence electrons. The van der Waals surface area contributed by atoms with E-state index in [9.17, 15) is 4.39 Å². The first-order chi connectivity index (χ1) is 9.81. The van der Waals surface area contributed by atoms with Crippen LogP contribution in [0.1, 0.15) is 24.4 Å². The van der Waals surface area contributed by atoms with Gasteiger partial charge in [0.1, 0.15) is 5.82 Å². The number of hydrogen-bond donors (Lipinski definition) is 2. The van der Waals surface area contributed by atoms with Crippen molar-refractivity contribution in [3.8, 4) is 0 Å². The molecule has 1 fully saturated rings. The van der Waals surface area contributed by atoms with E-state index in [1.165, 1.54) is 12.1 Å². The average Bonchev–Trinajstić information content (AvgIpc) is 2.97. The van der Waals surface area contributed by atoms with Crippen molar-refractivity contribution in [2.75, 3.05) is 18.4 Å². The predicted octanol–water partition coefficient (Wildman–Crippen LogP) is 2.56. The van der Waals surface area contributed by atoms with Gasteiger partial charge in [-0.05, 0) is 43.6 Å². The highest BCUT2D eigenvalue weighted by molar-refractivity contribution is 5.39. The van der Waals surface area contributed by atoms with Crippen molar-refractivity contribution in [3.05, 3.63) is 48.0 Å². The molecule has 1 aromatic heterocycles. The van der Waals surface area contributed by atoms with Gasteiger partial charge in [-0.1, -0.05) is 12.1 Å². The van der Waals surface area contributed by atoms with Crippen molar-refractivity contribution < 1.29 is 4.39 Å². The highest BCUT2D eigenvalue weighted by Crippen LogP contribution is 2.19. The van der Waals surface area contributed by atoms with E-state index in [1.807, 2.05) is 10.9 Å². The van der Waals surface area contributed by atoms with Gasteiger partial charge in [0.2, 0.25) is 0 Å². The van der Waals surface area contributed by atoms with Crippen LogP contribution in [-0.2, 0) is 6.54 Å². The average molecular weight is 274 g/mol. The molecule has 2 heterocycles.